The quantitative estimate of drug-likeness (QED) is 0.542. The van der Waals surface area contributed by atoms with E-state index in [2.05, 4.69) is 30.6 Å². The Morgan fingerprint density at radius 1 is 0.773 bits per heavy atom. The molecule has 0 atom stereocenters. The smallest absolute Gasteiger partial charge is 0.283 e. The topological polar surface area (TPSA) is 107 Å². The van der Waals surface area contributed by atoms with Crippen LogP contribution in [0.15, 0.2) is 16.6 Å². The first-order valence-electron chi connectivity index (χ1n) is 5.68. The molecule has 0 aliphatic heterocycles. The summed E-state index contributed by atoms with van der Waals surface area (Å²) in [5.41, 5.74) is 0. The molecule has 0 aliphatic rings. The molecule has 0 amide bonds. The number of carbonyl (C=O) groups excluding carboxylic acids is 3. The van der Waals surface area contributed by atoms with Crippen LogP contribution in [0.25, 0.3) is 0 Å². The maximum atomic E-state index is 10.8. The molecule has 22 heavy (non-hydrogen) atoms. The minimum absolute atomic E-state index is 0.173. The van der Waals surface area contributed by atoms with Crippen LogP contribution < -0.4 is 14.7 Å². The first-order valence-corrected chi connectivity index (χ1v) is 6.47. The second-order valence-corrected chi connectivity index (χ2v) is 4.62. The van der Waals surface area contributed by atoms with Gasteiger partial charge in [0.25, 0.3) is 5.75 Å². The minimum Gasteiger partial charge on any atom is -0.283 e. The van der Waals surface area contributed by atoms with E-state index >= 15 is 0 Å². The average molecular weight is 379 g/mol. The molecular formula is C12H11BrO9. The molecule has 0 radical (unpaired) electrons. The summed E-state index contributed by atoms with van der Waals surface area (Å²) in [6.45, 7) is 3.32. The maximum Gasteiger partial charge on any atom is 0.352 e. The van der Waals surface area contributed by atoms with Crippen molar-refractivity contribution >= 4 is 33.8 Å². The number of hydrogen-bond acceptors (Lipinski definition) is 9. The normalized spacial score (nSPS) is 9.45. The highest BCUT2D eigenvalue weighted by molar-refractivity contribution is 9.10. The third-order valence-corrected chi connectivity index (χ3v) is 2.18. The fourth-order valence-electron chi connectivity index (χ4n) is 1.06. The predicted molar refractivity (Wildman–Crippen MR) is 71.3 cm³/mol. The van der Waals surface area contributed by atoms with Gasteiger partial charge < -0.3 is 0 Å². The molecule has 10 heteroatoms. The molecule has 0 N–H and O–H groups in total. The zero-order chi connectivity index (χ0) is 16.7. The molecular weight excluding hydrogens is 368 g/mol. The molecule has 0 unspecified atom stereocenters. The van der Waals surface area contributed by atoms with Gasteiger partial charge in [-0.2, -0.15) is 0 Å². The van der Waals surface area contributed by atoms with Crippen molar-refractivity contribution in [3.63, 3.8) is 0 Å². The Labute approximate surface area is 132 Å². The van der Waals surface area contributed by atoms with Gasteiger partial charge >= 0.3 is 17.9 Å². The van der Waals surface area contributed by atoms with E-state index < -0.39 is 17.9 Å². The fourth-order valence-corrected chi connectivity index (χ4v) is 1.47. The Hall–Kier alpha value is -2.49. The molecule has 0 saturated heterocycles. The summed E-state index contributed by atoms with van der Waals surface area (Å²) in [4.78, 5) is 59.8. The monoisotopic (exact) mass is 378 g/mol. The third-order valence-electron chi connectivity index (χ3n) is 1.73. The van der Waals surface area contributed by atoms with E-state index in [1.54, 1.807) is 0 Å². The summed E-state index contributed by atoms with van der Waals surface area (Å²) in [6.07, 6.45) is 0. The van der Waals surface area contributed by atoms with Crippen molar-refractivity contribution in [2.75, 3.05) is 0 Å². The molecule has 9 nitrogen and oxygen atoms in total. The van der Waals surface area contributed by atoms with Crippen molar-refractivity contribution in [3.8, 4) is 17.2 Å². The van der Waals surface area contributed by atoms with Gasteiger partial charge in [0.2, 0.25) is 11.5 Å². The van der Waals surface area contributed by atoms with Gasteiger partial charge in [-0.25, -0.2) is 14.4 Å². The van der Waals surface area contributed by atoms with Crippen molar-refractivity contribution in [1.29, 1.82) is 0 Å². The van der Waals surface area contributed by atoms with E-state index in [-0.39, 0.29) is 17.2 Å². The summed E-state index contributed by atoms with van der Waals surface area (Å²) >= 11 is 3.14. The third kappa shape index (κ3) is 5.87. The van der Waals surface area contributed by atoms with Crippen LogP contribution in [0.2, 0.25) is 0 Å². The van der Waals surface area contributed by atoms with Crippen LogP contribution in [0.1, 0.15) is 20.8 Å². The standard InChI is InChI=1S/C12H11BrO9/c1-6(14)17-20-10-4-9(13)5-11(21-18-7(2)15)12(10)22-19-8(3)16/h4-5H,1-3H3. The van der Waals surface area contributed by atoms with E-state index in [4.69, 9.17) is 14.7 Å². The highest BCUT2D eigenvalue weighted by atomic mass is 79.9. The number of benzene rings is 1. The Morgan fingerprint density at radius 2 is 1.14 bits per heavy atom. The summed E-state index contributed by atoms with van der Waals surface area (Å²) < 4.78 is 0.409. The zero-order valence-electron chi connectivity index (χ0n) is 11.7. The van der Waals surface area contributed by atoms with Gasteiger partial charge in [0.05, 0.1) is 0 Å². The lowest BCUT2D eigenvalue weighted by molar-refractivity contribution is -0.230. The van der Waals surface area contributed by atoms with Crippen LogP contribution in [0, 0.1) is 0 Å². The van der Waals surface area contributed by atoms with Crippen molar-refractivity contribution in [2.45, 2.75) is 20.8 Å². The van der Waals surface area contributed by atoms with Crippen LogP contribution in [-0.2, 0) is 29.0 Å². The Kier molecular flexibility index (Phi) is 6.45. The average Bonchev–Trinajstić information content (AvgIpc) is 2.40. The molecule has 120 valence electrons. The molecule has 0 fully saturated rings. The number of hydrogen-bond donors (Lipinski definition) is 0. The van der Waals surface area contributed by atoms with E-state index in [9.17, 15) is 14.4 Å². The first-order chi connectivity index (χ1) is 10.3. The van der Waals surface area contributed by atoms with Crippen LogP contribution >= 0.6 is 15.9 Å². The van der Waals surface area contributed by atoms with Gasteiger partial charge in [0, 0.05) is 37.4 Å². The number of rotatable bonds is 6. The summed E-state index contributed by atoms with van der Waals surface area (Å²) in [6, 6.07) is 2.67. The summed E-state index contributed by atoms with van der Waals surface area (Å²) in [5, 5.41) is 0. The molecule has 1 aromatic carbocycles. The highest BCUT2D eigenvalue weighted by Gasteiger charge is 2.21. The highest BCUT2D eigenvalue weighted by Crippen LogP contribution is 2.41. The molecule has 0 heterocycles. The van der Waals surface area contributed by atoms with Gasteiger partial charge in [0.15, 0.2) is 0 Å². The lowest BCUT2D eigenvalue weighted by Crippen LogP contribution is -2.10. The fraction of sp³-hybridized carbons (Fsp3) is 0.250. The predicted octanol–water partition coefficient (Wildman–Crippen LogP) is 2.02. The SMILES string of the molecule is CC(=O)OOc1cc(Br)cc(OOC(C)=O)c1OOC(C)=O. The Balaban J connectivity index is 3.11. The Morgan fingerprint density at radius 3 is 1.50 bits per heavy atom. The van der Waals surface area contributed by atoms with Gasteiger partial charge in [-0.15, -0.1) is 0 Å². The number of carbonyl (C=O) groups is 3. The first kappa shape index (κ1) is 17.6. The summed E-state index contributed by atoms with van der Waals surface area (Å²) in [7, 11) is 0. The molecule has 1 aromatic rings. The minimum atomic E-state index is -0.764. The van der Waals surface area contributed by atoms with Gasteiger partial charge in [-0.3, -0.25) is 29.3 Å². The molecule has 1 rings (SSSR count). The zero-order valence-corrected chi connectivity index (χ0v) is 13.3. The van der Waals surface area contributed by atoms with Gasteiger partial charge in [0.1, 0.15) is 0 Å². The van der Waals surface area contributed by atoms with Crippen LogP contribution in [0.5, 0.6) is 17.2 Å². The van der Waals surface area contributed by atoms with Crippen molar-refractivity contribution in [3.05, 3.63) is 16.6 Å². The van der Waals surface area contributed by atoms with Crippen LogP contribution in [-0.4, -0.2) is 17.9 Å². The van der Waals surface area contributed by atoms with E-state index in [1.165, 1.54) is 12.1 Å². The number of halogens is 1. The van der Waals surface area contributed by atoms with E-state index in [0.717, 1.165) is 20.8 Å². The molecule has 0 saturated carbocycles. The lowest BCUT2D eigenvalue weighted by atomic mass is 10.3. The molecule has 0 aliphatic carbocycles. The second kappa shape index (κ2) is 8.08. The lowest BCUT2D eigenvalue weighted by Gasteiger charge is -2.12. The molecule has 0 bridgehead atoms. The van der Waals surface area contributed by atoms with Gasteiger partial charge in [-0.1, -0.05) is 15.9 Å². The summed E-state index contributed by atoms with van der Waals surface area (Å²) in [5.74, 6) is -2.87. The van der Waals surface area contributed by atoms with Crippen LogP contribution in [0.4, 0.5) is 0 Å². The van der Waals surface area contributed by atoms with E-state index in [0.29, 0.717) is 4.47 Å². The van der Waals surface area contributed by atoms with E-state index in [1.807, 2.05) is 0 Å². The second-order valence-electron chi connectivity index (χ2n) is 3.71. The maximum absolute atomic E-state index is 10.8. The molecule has 0 spiro atoms. The van der Waals surface area contributed by atoms with Crippen LogP contribution in [0.3, 0.4) is 0 Å². The van der Waals surface area contributed by atoms with Gasteiger partial charge in [-0.05, 0) is 0 Å². The van der Waals surface area contributed by atoms with Crippen molar-refractivity contribution in [1.82, 2.24) is 0 Å². The van der Waals surface area contributed by atoms with Crippen molar-refractivity contribution in [2.24, 2.45) is 0 Å². The van der Waals surface area contributed by atoms with Crippen molar-refractivity contribution < 1.29 is 43.7 Å². The Bertz CT molecular complexity index is 545. The largest absolute Gasteiger partial charge is 0.352 e. The molecule has 0 aromatic heterocycles.